The molecule has 10 nitrogen and oxygen atoms in total. The SMILES string of the molecule is Cc1cc(N2CCN(Cc3ccc(CCc4cccc5c4C(=O)N(C4CCC(=O)NC4=O)C5=O)cc3)CC2)no1. The maximum absolute atomic E-state index is 13.3. The second-order valence-corrected chi connectivity index (χ2v) is 10.7. The number of imide groups is 2. The number of nitrogens with one attached hydrogen (secondary N) is 1. The third-order valence-corrected chi connectivity index (χ3v) is 7.98. The maximum atomic E-state index is 13.3. The molecule has 1 atom stereocenters. The van der Waals surface area contributed by atoms with Gasteiger partial charge in [0.2, 0.25) is 11.8 Å². The van der Waals surface area contributed by atoms with Crippen molar-refractivity contribution in [3.63, 3.8) is 0 Å². The largest absolute Gasteiger partial charge is 0.360 e. The lowest BCUT2D eigenvalue weighted by molar-refractivity contribution is -0.136. The number of nitrogens with zero attached hydrogens (tertiary/aromatic N) is 4. The molecule has 1 unspecified atom stereocenters. The number of carbonyl (C=O) groups is 4. The zero-order chi connectivity index (χ0) is 27.8. The van der Waals surface area contributed by atoms with Gasteiger partial charge in [0.15, 0.2) is 5.82 Å². The third kappa shape index (κ3) is 5.02. The highest BCUT2D eigenvalue weighted by Gasteiger charge is 2.45. The summed E-state index contributed by atoms with van der Waals surface area (Å²) in [5, 5.41) is 6.36. The van der Waals surface area contributed by atoms with Crippen LogP contribution in [0.15, 0.2) is 53.1 Å². The maximum Gasteiger partial charge on any atom is 0.262 e. The first kappa shape index (κ1) is 25.9. The van der Waals surface area contributed by atoms with Crippen molar-refractivity contribution in [3.05, 3.63) is 82.1 Å². The van der Waals surface area contributed by atoms with E-state index in [0.29, 0.717) is 24.0 Å². The second-order valence-electron chi connectivity index (χ2n) is 10.7. The molecule has 40 heavy (non-hydrogen) atoms. The van der Waals surface area contributed by atoms with Gasteiger partial charge in [-0.1, -0.05) is 41.6 Å². The molecule has 0 bridgehead atoms. The minimum absolute atomic E-state index is 0.103. The van der Waals surface area contributed by atoms with Gasteiger partial charge in [-0.05, 0) is 48.9 Å². The average Bonchev–Trinajstić information content (AvgIpc) is 3.50. The van der Waals surface area contributed by atoms with Crippen molar-refractivity contribution in [3.8, 4) is 0 Å². The number of hydrogen-bond acceptors (Lipinski definition) is 8. The van der Waals surface area contributed by atoms with Crippen LogP contribution in [-0.2, 0) is 29.0 Å². The van der Waals surface area contributed by atoms with Gasteiger partial charge in [0, 0.05) is 45.2 Å². The highest BCUT2D eigenvalue weighted by Crippen LogP contribution is 2.30. The van der Waals surface area contributed by atoms with E-state index in [1.807, 2.05) is 19.1 Å². The van der Waals surface area contributed by atoms with Crippen LogP contribution in [0.3, 0.4) is 0 Å². The van der Waals surface area contributed by atoms with Crippen molar-refractivity contribution in [2.24, 2.45) is 0 Å². The van der Waals surface area contributed by atoms with E-state index in [2.05, 4.69) is 44.5 Å². The molecular formula is C30H31N5O5. The van der Waals surface area contributed by atoms with Gasteiger partial charge in [-0.25, -0.2) is 0 Å². The monoisotopic (exact) mass is 541 g/mol. The number of fused-ring (bicyclic) bond motifs is 1. The van der Waals surface area contributed by atoms with E-state index in [1.165, 1.54) is 5.56 Å². The molecule has 4 heterocycles. The summed E-state index contributed by atoms with van der Waals surface area (Å²) in [6.45, 7) is 6.51. The smallest absolute Gasteiger partial charge is 0.262 e. The van der Waals surface area contributed by atoms with Crippen molar-refractivity contribution in [2.75, 3.05) is 31.1 Å². The van der Waals surface area contributed by atoms with Gasteiger partial charge in [-0.2, -0.15) is 0 Å². The molecule has 2 aromatic carbocycles. The topological polar surface area (TPSA) is 116 Å². The molecule has 0 radical (unpaired) electrons. The average molecular weight is 542 g/mol. The number of anilines is 1. The Kier molecular flexibility index (Phi) is 6.93. The zero-order valence-electron chi connectivity index (χ0n) is 22.4. The molecule has 3 aliphatic rings. The van der Waals surface area contributed by atoms with E-state index in [1.54, 1.807) is 12.1 Å². The second kappa shape index (κ2) is 10.7. The van der Waals surface area contributed by atoms with Crippen LogP contribution in [0, 0.1) is 6.92 Å². The number of aryl methyl sites for hydroxylation is 3. The van der Waals surface area contributed by atoms with Crippen molar-refractivity contribution in [1.82, 2.24) is 20.3 Å². The molecule has 3 aromatic rings. The van der Waals surface area contributed by atoms with Crippen LogP contribution in [0.4, 0.5) is 5.82 Å². The van der Waals surface area contributed by atoms with E-state index < -0.39 is 23.8 Å². The Morgan fingerprint density at radius 1 is 0.925 bits per heavy atom. The molecule has 1 aromatic heterocycles. The van der Waals surface area contributed by atoms with Crippen LogP contribution >= 0.6 is 0 Å². The van der Waals surface area contributed by atoms with Crippen LogP contribution in [0.1, 0.15) is 56.0 Å². The lowest BCUT2D eigenvalue weighted by Gasteiger charge is -2.34. The fraction of sp³-hybridized carbons (Fsp3) is 0.367. The molecule has 10 heteroatoms. The van der Waals surface area contributed by atoms with Crippen molar-refractivity contribution in [2.45, 2.75) is 45.2 Å². The first-order valence-corrected chi connectivity index (χ1v) is 13.7. The Hall–Kier alpha value is -4.31. The molecule has 206 valence electrons. The fourth-order valence-corrected chi connectivity index (χ4v) is 5.78. The molecule has 0 spiro atoms. The minimum atomic E-state index is -0.958. The van der Waals surface area contributed by atoms with Crippen molar-refractivity contribution < 1.29 is 23.7 Å². The first-order chi connectivity index (χ1) is 19.4. The summed E-state index contributed by atoms with van der Waals surface area (Å²) in [6, 6.07) is 14.8. The predicted molar refractivity (Wildman–Crippen MR) is 146 cm³/mol. The minimum Gasteiger partial charge on any atom is -0.360 e. The lowest BCUT2D eigenvalue weighted by Crippen LogP contribution is -2.54. The summed E-state index contributed by atoms with van der Waals surface area (Å²) >= 11 is 0. The van der Waals surface area contributed by atoms with Gasteiger partial charge in [0.05, 0.1) is 11.1 Å². The van der Waals surface area contributed by atoms with Crippen LogP contribution < -0.4 is 10.2 Å². The van der Waals surface area contributed by atoms with Crippen LogP contribution in [0.2, 0.25) is 0 Å². The summed E-state index contributed by atoms with van der Waals surface area (Å²) in [5.41, 5.74) is 3.87. The van der Waals surface area contributed by atoms with E-state index in [0.717, 1.165) is 60.3 Å². The number of piperidine rings is 1. The van der Waals surface area contributed by atoms with E-state index in [4.69, 9.17) is 4.52 Å². The molecule has 2 fully saturated rings. The van der Waals surface area contributed by atoms with E-state index in [-0.39, 0.29) is 18.7 Å². The third-order valence-electron chi connectivity index (χ3n) is 7.98. The van der Waals surface area contributed by atoms with Crippen molar-refractivity contribution >= 4 is 29.4 Å². The number of rotatable bonds is 7. The standard InChI is InChI=1S/C30H31N5O5/c1-19-17-25(32-40-19)34-15-13-33(14-16-34)18-21-7-5-20(6-8-21)9-10-22-3-2-4-23-27(22)30(39)35(29(23)38)24-11-12-26(36)31-28(24)37/h2-8,17,24H,9-16,18H2,1H3,(H,31,36,37). The number of benzene rings is 2. The molecule has 0 aliphatic carbocycles. The van der Waals surface area contributed by atoms with Gasteiger partial charge in [0.1, 0.15) is 11.8 Å². The summed E-state index contributed by atoms with van der Waals surface area (Å²) < 4.78 is 5.20. The normalized spacial score (nSPS) is 19.8. The molecule has 4 amide bonds. The lowest BCUT2D eigenvalue weighted by atomic mass is 9.96. The molecular weight excluding hydrogens is 510 g/mol. The first-order valence-electron chi connectivity index (χ1n) is 13.7. The number of aromatic nitrogens is 1. The van der Waals surface area contributed by atoms with Gasteiger partial charge in [0.25, 0.3) is 11.8 Å². The van der Waals surface area contributed by atoms with Gasteiger partial charge in [-0.15, -0.1) is 0 Å². The zero-order valence-corrected chi connectivity index (χ0v) is 22.4. The number of hydrogen-bond donors (Lipinski definition) is 1. The molecule has 1 N–H and O–H groups in total. The van der Waals surface area contributed by atoms with Crippen LogP contribution in [0.5, 0.6) is 0 Å². The fourth-order valence-electron chi connectivity index (χ4n) is 5.78. The number of carbonyl (C=O) groups excluding carboxylic acids is 4. The molecule has 6 rings (SSSR count). The molecule has 2 saturated heterocycles. The quantitative estimate of drug-likeness (QED) is 0.454. The van der Waals surface area contributed by atoms with E-state index in [9.17, 15) is 19.2 Å². The Morgan fingerprint density at radius 3 is 2.38 bits per heavy atom. The Morgan fingerprint density at radius 2 is 1.68 bits per heavy atom. The summed E-state index contributed by atoms with van der Waals surface area (Å²) in [7, 11) is 0. The van der Waals surface area contributed by atoms with Crippen LogP contribution in [-0.4, -0.2) is 70.8 Å². The highest BCUT2D eigenvalue weighted by atomic mass is 16.5. The number of amides is 4. The Bertz CT molecular complexity index is 1470. The van der Waals surface area contributed by atoms with Gasteiger partial charge >= 0.3 is 0 Å². The Balaban J connectivity index is 1.06. The summed E-state index contributed by atoms with van der Waals surface area (Å²) in [4.78, 5) is 56.0. The van der Waals surface area contributed by atoms with Gasteiger partial charge in [-0.3, -0.25) is 34.3 Å². The highest BCUT2D eigenvalue weighted by molar-refractivity contribution is 6.24. The predicted octanol–water partition coefficient (Wildman–Crippen LogP) is 2.49. The molecule has 3 aliphatic heterocycles. The summed E-state index contributed by atoms with van der Waals surface area (Å²) in [5.74, 6) is -0.190. The van der Waals surface area contributed by atoms with Crippen molar-refractivity contribution in [1.29, 1.82) is 0 Å². The van der Waals surface area contributed by atoms with Crippen LogP contribution in [0.25, 0.3) is 0 Å². The Labute approximate surface area is 231 Å². The summed E-state index contributed by atoms with van der Waals surface area (Å²) in [6.07, 6.45) is 1.56. The molecule has 0 saturated carbocycles. The van der Waals surface area contributed by atoms with Gasteiger partial charge < -0.3 is 9.42 Å². The number of piperazine rings is 1. The van der Waals surface area contributed by atoms with E-state index >= 15 is 0 Å².